The molecule has 0 spiro atoms. The quantitative estimate of drug-likeness (QED) is 0.425. The van der Waals surface area contributed by atoms with Gasteiger partial charge in [0.25, 0.3) is 0 Å². The first-order valence-corrected chi connectivity index (χ1v) is 11.1. The Morgan fingerprint density at radius 3 is 2.53 bits per heavy atom. The van der Waals surface area contributed by atoms with Gasteiger partial charge >= 0.3 is 5.97 Å². The number of fused-ring (bicyclic) bond motifs is 2. The van der Waals surface area contributed by atoms with Gasteiger partial charge in [0.05, 0.1) is 20.1 Å². The number of rotatable bonds is 5. The van der Waals surface area contributed by atoms with Crippen molar-refractivity contribution in [1.29, 1.82) is 5.26 Å². The first-order chi connectivity index (χ1) is 17.5. The van der Waals surface area contributed by atoms with Gasteiger partial charge in [-0.3, -0.25) is 0 Å². The van der Waals surface area contributed by atoms with E-state index in [-0.39, 0.29) is 23.8 Å². The number of nitrogens with two attached hydrogens (primary N) is 1. The second kappa shape index (κ2) is 9.43. The molecule has 0 bridgehead atoms. The van der Waals surface area contributed by atoms with Crippen molar-refractivity contribution in [2.75, 3.05) is 20.8 Å². The number of para-hydroxylation sites is 2. The molecule has 2 unspecified atom stereocenters. The predicted molar refractivity (Wildman–Crippen MR) is 127 cm³/mol. The van der Waals surface area contributed by atoms with Gasteiger partial charge in [-0.15, -0.1) is 0 Å². The standard InChI is InChI=1S/C27H22N2O7/c1-31-19-10-7-15(11-23(19)32-2)25-17-9-8-16(12-22(17)36-26(29)18(25)13-28)34-27(30)24-14-33-20-5-3-4-6-21(20)35-24/h3-12,24-25H,14,29H2,1-2H3. The molecule has 3 aromatic carbocycles. The minimum absolute atomic E-state index is 0.0277. The van der Waals surface area contributed by atoms with Crippen LogP contribution in [0.4, 0.5) is 0 Å². The van der Waals surface area contributed by atoms with Crippen LogP contribution in [0.15, 0.2) is 72.1 Å². The zero-order valence-electron chi connectivity index (χ0n) is 19.5. The van der Waals surface area contributed by atoms with Crippen LogP contribution in [0.5, 0.6) is 34.5 Å². The number of nitrogens with zero attached hydrogens (tertiary/aromatic N) is 1. The summed E-state index contributed by atoms with van der Waals surface area (Å²) in [5.74, 6) is 1.55. The van der Waals surface area contributed by atoms with Gasteiger partial charge in [0.2, 0.25) is 12.0 Å². The van der Waals surface area contributed by atoms with Crippen LogP contribution in [0.1, 0.15) is 17.0 Å². The lowest BCUT2D eigenvalue weighted by molar-refractivity contribution is -0.144. The van der Waals surface area contributed by atoms with E-state index in [0.29, 0.717) is 34.3 Å². The van der Waals surface area contributed by atoms with E-state index in [9.17, 15) is 10.1 Å². The van der Waals surface area contributed by atoms with Crippen LogP contribution in [0, 0.1) is 11.3 Å². The second-order valence-electron chi connectivity index (χ2n) is 8.02. The lowest BCUT2D eigenvalue weighted by atomic mass is 9.83. The molecule has 0 radical (unpaired) electrons. The Balaban J connectivity index is 1.42. The molecule has 2 atom stereocenters. The van der Waals surface area contributed by atoms with Gasteiger partial charge in [-0.1, -0.05) is 24.3 Å². The number of esters is 1. The summed E-state index contributed by atoms with van der Waals surface area (Å²) in [5.41, 5.74) is 7.80. The molecule has 0 aromatic heterocycles. The van der Waals surface area contributed by atoms with Crippen molar-refractivity contribution in [1.82, 2.24) is 0 Å². The number of methoxy groups -OCH3 is 2. The molecule has 0 amide bonds. The molecule has 2 aliphatic heterocycles. The fourth-order valence-corrected chi connectivity index (χ4v) is 4.19. The summed E-state index contributed by atoms with van der Waals surface area (Å²) in [6.07, 6.45) is -0.925. The molecule has 182 valence electrons. The number of carbonyl (C=O) groups is 1. The van der Waals surface area contributed by atoms with E-state index >= 15 is 0 Å². The molecule has 9 nitrogen and oxygen atoms in total. The maximum atomic E-state index is 12.8. The largest absolute Gasteiger partial charge is 0.493 e. The van der Waals surface area contributed by atoms with Gasteiger partial charge < -0.3 is 34.2 Å². The Morgan fingerprint density at radius 1 is 1.00 bits per heavy atom. The summed E-state index contributed by atoms with van der Waals surface area (Å²) in [7, 11) is 3.08. The van der Waals surface area contributed by atoms with Crippen LogP contribution >= 0.6 is 0 Å². The maximum Gasteiger partial charge on any atom is 0.356 e. The second-order valence-corrected chi connectivity index (χ2v) is 8.02. The maximum absolute atomic E-state index is 12.8. The molecular weight excluding hydrogens is 464 g/mol. The number of hydrogen-bond acceptors (Lipinski definition) is 9. The summed E-state index contributed by atoms with van der Waals surface area (Å²) < 4.78 is 33.4. The van der Waals surface area contributed by atoms with Crippen molar-refractivity contribution >= 4 is 5.97 Å². The Kier molecular flexibility index (Phi) is 6.00. The molecular formula is C27H22N2O7. The van der Waals surface area contributed by atoms with Crippen LogP contribution in [-0.2, 0) is 4.79 Å². The molecule has 5 rings (SSSR count). The van der Waals surface area contributed by atoms with Crippen molar-refractivity contribution in [3.63, 3.8) is 0 Å². The van der Waals surface area contributed by atoms with Gasteiger partial charge in [0.1, 0.15) is 29.7 Å². The van der Waals surface area contributed by atoms with Gasteiger partial charge in [-0.25, -0.2) is 4.79 Å². The van der Waals surface area contributed by atoms with Crippen LogP contribution in [0.3, 0.4) is 0 Å². The highest BCUT2D eigenvalue weighted by Gasteiger charge is 2.33. The number of ether oxygens (including phenoxy) is 6. The highest BCUT2D eigenvalue weighted by Crippen LogP contribution is 2.45. The van der Waals surface area contributed by atoms with E-state index in [1.54, 1.807) is 55.6 Å². The van der Waals surface area contributed by atoms with Gasteiger partial charge in [-0.2, -0.15) is 5.26 Å². The molecule has 36 heavy (non-hydrogen) atoms. The number of allylic oxidation sites excluding steroid dienone is 1. The molecule has 2 N–H and O–H groups in total. The van der Waals surface area contributed by atoms with Crippen LogP contribution in [0.2, 0.25) is 0 Å². The molecule has 3 aromatic rings. The minimum Gasteiger partial charge on any atom is -0.493 e. The lowest BCUT2D eigenvalue weighted by Gasteiger charge is -2.27. The van der Waals surface area contributed by atoms with Gasteiger partial charge in [-0.05, 0) is 35.9 Å². The monoisotopic (exact) mass is 486 g/mol. The Morgan fingerprint density at radius 2 is 1.78 bits per heavy atom. The Hall–Kier alpha value is -4.84. The summed E-state index contributed by atoms with van der Waals surface area (Å²) in [4.78, 5) is 12.8. The molecule has 2 heterocycles. The SMILES string of the molecule is COc1ccc(C2C(C#N)=C(N)Oc3cc(OC(=O)C4COc5ccccc5O4)ccc32)cc1OC. The van der Waals surface area contributed by atoms with E-state index in [2.05, 4.69) is 6.07 Å². The Bertz CT molecular complexity index is 1410. The third-order valence-electron chi connectivity index (χ3n) is 5.92. The molecule has 0 aliphatic carbocycles. The normalized spacial score (nSPS) is 17.8. The summed E-state index contributed by atoms with van der Waals surface area (Å²) in [5, 5.41) is 9.81. The first kappa shape index (κ1) is 22.9. The van der Waals surface area contributed by atoms with Gasteiger partial charge in [0.15, 0.2) is 23.0 Å². The third-order valence-corrected chi connectivity index (χ3v) is 5.92. The first-order valence-electron chi connectivity index (χ1n) is 11.1. The van der Waals surface area contributed by atoms with E-state index in [1.165, 1.54) is 7.11 Å². The lowest BCUT2D eigenvalue weighted by Crippen LogP contribution is -2.39. The molecule has 0 saturated heterocycles. The summed E-state index contributed by atoms with van der Waals surface area (Å²) in [6, 6.07) is 19.5. The van der Waals surface area contributed by atoms with Crippen LogP contribution in [0.25, 0.3) is 0 Å². The zero-order chi connectivity index (χ0) is 25.2. The van der Waals surface area contributed by atoms with Crippen molar-refractivity contribution in [2.24, 2.45) is 5.73 Å². The smallest absolute Gasteiger partial charge is 0.356 e. The highest BCUT2D eigenvalue weighted by atomic mass is 16.6. The predicted octanol–water partition coefficient (Wildman–Crippen LogP) is 3.67. The average molecular weight is 486 g/mol. The number of carbonyl (C=O) groups excluding carboxylic acids is 1. The Labute approximate surface area is 207 Å². The number of nitriles is 1. The summed E-state index contributed by atoms with van der Waals surface area (Å²) in [6.45, 7) is 0.0277. The van der Waals surface area contributed by atoms with Crippen LogP contribution < -0.4 is 34.2 Å². The molecule has 9 heteroatoms. The summed E-state index contributed by atoms with van der Waals surface area (Å²) >= 11 is 0. The van der Waals surface area contributed by atoms with Crippen molar-refractivity contribution in [3.05, 3.63) is 83.2 Å². The van der Waals surface area contributed by atoms with E-state index < -0.39 is 18.0 Å². The fraction of sp³-hybridized carbons (Fsp3) is 0.185. The van der Waals surface area contributed by atoms with E-state index in [1.807, 2.05) is 12.1 Å². The van der Waals surface area contributed by atoms with Crippen LogP contribution in [-0.4, -0.2) is 32.9 Å². The minimum atomic E-state index is -0.925. The number of benzene rings is 3. The average Bonchev–Trinajstić information content (AvgIpc) is 2.91. The molecule has 0 fully saturated rings. The van der Waals surface area contributed by atoms with Crippen molar-refractivity contribution < 1.29 is 33.2 Å². The third kappa shape index (κ3) is 4.09. The van der Waals surface area contributed by atoms with Gasteiger partial charge in [0, 0.05) is 11.6 Å². The topological polar surface area (TPSA) is 122 Å². The highest BCUT2D eigenvalue weighted by molar-refractivity contribution is 5.78. The number of hydrogen-bond donors (Lipinski definition) is 1. The van der Waals surface area contributed by atoms with E-state index in [0.717, 1.165) is 5.56 Å². The van der Waals surface area contributed by atoms with E-state index in [4.69, 9.17) is 34.2 Å². The molecule has 0 saturated carbocycles. The fourth-order valence-electron chi connectivity index (χ4n) is 4.19. The zero-order valence-corrected chi connectivity index (χ0v) is 19.5. The van der Waals surface area contributed by atoms with Crippen molar-refractivity contribution in [2.45, 2.75) is 12.0 Å². The molecule has 2 aliphatic rings. The van der Waals surface area contributed by atoms with Crippen molar-refractivity contribution in [3.8, 4) is 40.6 Å².